The molecule has 2 fully saturated rings. The van der Waals surface area contributed by atoms with Crippen molar-refractivity contribution in [3.63, 3.8) is 0 Å². The van der Waals surface area contributed by atoms with Crippen LogP contribution >= 0.6 is 0 Å². The third kappa shape index (κ3) is 3.32. The summed E-state index contributed by atoms with van der Waals surface area (Å²) in [5, 5.41) is 0. The van der Waals surface area contributed by atoms with Gasteiger partial charge < -0.3 is 9.64 Å². The normalized spacial score (nSPS) is 20.5. The lowest BCUT2D eigenvalue weighted by molar-refractivity contribution is 0.0790. The Morgan fingerprint density at radius 3 is 2.58 bits per heavy atom. The number of hydrazine groups is 1. The molecule has 2 aromatic carbocycles. The fourth-order valence-corrected chi connectivity index (χ4v) is 3.99. The fraction of sp³-hybridized carbons (Fsp3) is 0.381. The van der Waals surface area contributed by atoms with Crippen molar-refractivity contribution < 1.29 is 9.53 Å². The molecule has 2 saturated heterocycles. The largest absolute Gasteiger partial charge is 0.496 e. The molecule has 0 aromatic heterocycles. The van der Waals surface area contributed by atoms with Gasteiger partial charge in [0.15, 0.2) is 0 Å². The average molecular weight is 351 g/mol. The first kappa shape index (κ1) is 17.1. The van der Waals surface area contributed by atoms with Crippen LogP contribution in [-0.2, 0) is 0 Å². The first-order chi connectivity index (χ1) is 12.8. The summed E-state index contributed by atoms with van der Waals surface area (Å²) in [4.78, 5) is 14.9. The van der Waals surface area contributed by atoms with E-state index in [0.29, 0.717) is 17.4 Å². The summed E-state index contributed by atoms with van der Waals surface area (Å²) in [6.07, 6.45) is 1.02. The molecule has 5 nitrogen and oxygen atoms in total. The topological polar surface area (TPSA) is 53.6 Å². The van der Waals surface area contributed by atoms with Crippen molar-refractivity contribution in [2.75, 3.05) is 33.3 Å². The van der Waals surface area contributed by atoms with E-state index in [1.54, 1.807) is 7.11 Å². The number of ether oxygens (including phenoxy) is 1. The Kier molecular flexibility index (Phi) is 4.91. The number of carbonyl (C=O) groups excluding carboxylic acids is 1. The summed E-state index contributed by atoms with van der Waals surface area (Å²) < 4.78 is 5.58. The molecule has 1 atom stereocenters. The van der Waals surface area contributed by atoms with E-state index >= 15 is 0 Å². The van der Waals surface area contributed by atoms with Gasteiger partial charge in [-0.25, -0.2) is 0 Å². The highest BCUT2D eigenvalue weighted by Crippen LogP contribution is 2.31. The molecule has 1 unspecified atom stereocenters. The number of benzene rings is 2. The van der Waals surface area contributed by atoms with Crippen molar-refractivity contribution in [3.05, 3.63) is 65.2 Å². The molecule has 0 aliphatic carbocycles. The Bertz CT molecular complexity index is 772. The van der Waals surface area contributed by atoms with Crippen molar-refractivity contribution in [3.8, 4) is 5.75 Å². The van der Waals surface area contributed by atoms with Gasteiger partial charge in [-0.3, -0.25) is 15.6 Å². The van der Waals surface area contributed by atoms with Gasteiger partial charge in [-0.15, -0.1) is 0 Å². The first-order valence-electron chi connectivity index (χ1n) is 9.24. The van der Waals surface area contributed by atoms with Crippen molar-refractivity contribution in [1.29, 1.82) is 0 Å². The number of nitrogens with one attached hydrogen (secondary N) is 2. The zero-order valence-corrected chi connectivity index (χ0v) is 15.1. The number of rotatable bonds is 4. The van der Waals surface area contributed by atoms with E-state index in [9.17, 15) is 4.79 Å². The van der Waals surface area contributed by atoms with Crippen LogP contribution in [0.4, 0.5) is 0 Å². The third-order valence-electron chi connectivity index (χ3n) is 5.49. The van der Waals surface area contributed by atoms with Crippen LogP contribution in [0.5, 0.6) is 5.75 Å². The number of amides is 1. The molecule has 2 aromatic rings. The molecule has 5 heteroatoms. The number of hydrogen-bond acceptors (Lipinski definition) is 4. The SMILES string of the molecule is COc1cc(C(=O)N2CCC(c3ccccc3)C2)ccc1C1CNNC1. The van der Waals surface area contributed by atoms with E-state index in [4.69, 9.17) is 4.74 Å². The second kappa shape index (κ2) is 7.48. The Labute approximate surface area is 154 Å². The number of nitrogens with zero attached hydrogens (tertiary/aromatic N) is 1. The molecule has 0 bridgehead atoms. The summed E-state index contributed by atoms with van der Waals surface area (Å²) >= 11 is 0. The summed E-state index contributed by atoms with van der Waals surface area (Å²) in [7, 11) is 1.67. The van der Waals surface area contributed by atoms with Gasteiger partial charge in [-0.05, 0) is 29.7 Å². The zero-order chi connectivity index (χ0) is 17.9. The van der Waals surface area contributed by atoms with E-state index in [1.165, 1.54) is 5.56 Å². The van der Waals surface area contributed by atoms with Gasteiger partial charge in [-0.1, -0.05) is 36.4 Å². The summed E-state index contributed by atoms with van der Waals surface area (Å²) in [5.74, 6) is 1.68. The molecule has 1 amide bonds. The van der Waals surface area contributed by atoms with Crippen molar-refractivity contribution in [2.45, 2.75) is 18.3 Å². The molecular weight excluding hydrogens is 326 g/mol. The highest BCUT2D eigenvalue weighted by molar-refractivity contribution is 5.95. The summed E-state index contributed by atoms with van der Waals surface area (Å²) in [6, 6.07) is 16.3. The minimum Gasteiger partial charge on any atom is -0.496 e. The molecule has 2 aliphatic rings. The van der Waals surface area contributed by atoms with Crippen molar-refractivity contribution in [1.82, 2.24) is 15.8 Å². The smallest absolute Gasteiger partial charge is 0.254 e. The van der Waals surface area contributed by atoms with Gasteiger partial charge in [-0.2, -0.15) is 0 Å². The van der Waals surface area contributed by atoms with E-state index in [1.807, 2.05) is 29.2 Å². The summed E-state index contributed by atoms with van der Waals surface area (Å²) in [5.41, 5.74) is 9.45. The predicted molar refractivity (Wildman–Crippen MR) is 101 cm³/mol. The number of likely N-dealkylation sites (tertiary alicyclic amines) is 1. The highest BCUT2D eigenvalue weighted by Gasteiger charge is 2.29. The van der Waals surface area contributed by atoms with Crippen LogP contribution in [0.2, 0.25) is 0 Å². The maximum atomic E-state index is 13.0. The average Bonchev–Trinajstić information content (AvgIpc) is 3.40. The van der Waals surface area contributed by atoms with E-state index in [-0.39, 0.29) is 5.91 Å². The van der Waals surface area contributed by atoms with Gasteiger partial charge in [0.1, 0.15) is 5.75 Å². The van der Waals surface area contributed by atoms with E-state index in [2.05, 4.69) is 35.1 Å². The van der Waals surface area contributed by atoms with Crippen LogP contribution in [0.25, 0.3) is 0 Å². The minimum atomic E-state index is 0.0935. The standard InChI is InChI=1S/C21H25N3O2/c1-26-20-11-16(7-8-19(20)18-12-22-23-13-18)21(25)24-10-9-17(14-24)15-5-3-2-4-6-15/h2-8,11,17-18,22-23H,9-10,12-14H2,1H3. The van der Waals surface area contributed by atoms with Gasteiger partial charge in [0.2, 0.25) is 0 Å². The van der Waals surface area contributed by atoms with E-state index in [0.717, 1.165) is 43.9 Å². The molecule has 2 N–H and O–H groups in total. The zero-order valence-electron chi connectivity index (χ0n) is 15.1. The predicted octanol–water partition coefficient (Wildman–Crippen LogP) is 2.52. The van der Waals surface area contributed by atoms with Crippen molar-refractivity contribution >= 4 is 5.91 Å². The lowest BCUT2D eigenvalue weighted by Gasteiger charge is -2.19. The molecule has 0 saturated carbocycles. The quantitative estimate of drug-likeness (QED) is 0.889. The highest BCUT2D eigenvalue weighted by atomic mass is 16.5. The van der Waals surface area contributed by atoms with Gasteiger partial charge in [0, 0.05) is 43.6 Å². The van der Waals surface area contributed by atoms with Crippen LogP contribution in [0.3, 0.4) is 0 Å². The molecule has 26 heavy (non-hydrogen) atoms. The van der Waals surface area contributed by atoms with Crippen LogP contribution in [0.1, 0.15) is 39.7 Å². The molecule has 2 aliphatic heterocycles. The molecular formula is C21H25N3O2. The molecule has 2 heterocycles. The van der Waals surface area contributed by atoms with Gasteiger partial charge >= 0.3 is 0 Å². The molecule has 0 radical (unpaired) electrons. The van der Waals surface area contributed by atoms with Crippen LogP contribution in [-0.4, -0.2) is 44.1 Å². The second-order valence-electron chi connectivity index (χ2n) is 7.06. The Morgan fingerprint density at radius 2 is 1.85 bits per heavy atom. The number of carbonyl (C=O) groups is 1. The number of methoxy groups -OCH3 is 1. The van der Waals surface area contributed by atoms with Crippen molar-refractivity contribution in [2.24, 2.45) is 0 Å². The maximum Gasteiger partial charge on any atom is 0.254 e. The first-order valence-corrected chi connectivity index (χ1v) is 9.24. The fourth-order valence-electron chi connectivity index (χ4n) is 3.99. The lowest BCUT2D eigenvalue weighted by atomic mass is 9.97. The Morgan fingerprint density at radius 1 is 1.08 bits per heavy atom. The third-order valence-corrected chi connectivity index (χ3v) is 5.49. The maximum absolute atomic E-state index is 13.0. The van der Waals surface area contributed by atoms with Crippen LogP contribution in [0, 0.1) is 0 Å². The van der Waals surface area contributed by atoms with Gasteiger partial charge in [0.25, 0.3) is 5.91 Å². The minimum absolute atomic E-state index is 0.0935. The van der Waals surface area contributed by atoms with E-state index < -0.39 is 0 Å². The molecule has 4 rings (SSSR count). The van der Waals surface area contributed by atoms with Crippen LogP contribution < -0.4 is 15.6 Å². The number of hydrogen-bond donors (Lipinski definition) is 2. The monoisotopic (exact) mass is 351 g/mol. The Balaban J connectivity index is 1.49. The van der Waals surface area contributed by atoms with Crippen LogP contribution in [0.15, 0.2) is 48.5 Å². The second-order valence-corrected chi connectivity index (χ2v) is 7.06. The molecule has 0 spiro atoms. The Hall–Kier alpha value is -2.37. The molecule has 136 valence electrons. The lowest BCUT2D eigenvalue weighted by Crippen LogP contribution is -2.28. The summed E-state index contributed by atoms with van der Waals surface area (Å²) in [6.45, 7) is 3.32. The van der Waals surface area contributed by atoms with Gasteiger partial charge in [0.05, 0.1) is 7.11 Å².